The minimum absolute atomic E-state index is 0.706. The summed E-state index contributed by atoms with van der Waals surface area (Å²) in [5.74, 6) is 1.73. The molecule has 0 spiro atoms. The van der Waals surface area contributed by atoms with Crippen LogP contribution in [-0.4, -0.2) is 16.1 Å². The summed E-state index contributed by atoms with van der Waals surface area (Å²) in [6.45, 7) is 10.8. The molecule has 1 rings (SSSR count). The van der Waals surface area contributed by atoms with Crippen LogP contribution in [0.15, 0.2) is 6.20 Å². The lowest BCUT2D eigenvalue weighted by molar-refractivity contribution is 0.585. The molecule has 0 amide bonds. The molecular formula is C12H23N3. The summed E-state index contributed by atoms with van der Waals surface area (Å²) in [6.07, 6.45) is 4.47. The lowest BCUT2D eigenvalue weighted by Crippen LogP contribution is -2.14. The Balaban J connectivity index is 2.58. The Morgan fingerprint density at radius 3 is 2.80 bits per heavy atom. The molecule has 1 atom stereocenters. The van der Waals surface area contributed by atoms with Crippen molar-refractivity contribution < 1.29 is 0 Å². The van der Waals surface area contributed by atoms with Gasteiger partial charge in [-0.2, -0.15) is 0 Å². The third-order valence-electron chi connectivity index (χ3n) is 2.67. The molecule has 3 heteroatoms. The number of nitrogens with one attached hydrogen (secondary N) is 1. The maximum atomic E-state index is 4.49. The first-order valence-corrected chi connectivity index (χ1v) is 5.95. The monoisotopic (exact) mass is 209 g/mol. The Morgan fingerprint density at radius 1 is 1.47 bits per heavy atom. The number of aromatic nitrogens is 2. The second-order valence-electron chi connectivity index (χ2n) is 4.29. The van der Waals surface area contributed by atoms with Gasteiger partial charge in [0.15, 0.2) is 0 Å². The molecule has 0 aliphatic heterocycles. The van der Waals surface area contributed by atoms with Crippen LogP contribution in [0, 0.1) is 12.8 Å². The number of anilines is 1. The first-order valence-electron chi connectivity index (χ1n) is 5.95. The van der Waals surface area contributed by atoms with Crippen LogP contribution in [0.1, 0.15) is 39.3 Å². The molecule has 0 radical (unpaired) electrons. The van der Waals surface area contributed by atoms with Crippen molar-refractivity contribution in [3.8, 4) is 0 Å². The van der Waals surface area contributed by atoms with E-state index >= 15 is 0 Å². The minimum atomic E-state index is 0.706. The standard InChI is InChI=1S/C12H23N3/c1-5-7-15-9-11(4)14-12(15)13-8-10(3)6-2/h9-10H,5-8H2,1-4H3,(H,13,14). The largest absolute Gasteiger partial charge is 0.355 e. The van der Waals surface area contributed by atoms with Crippen molar-refractivity contribution in [1.82, 2.24) is 9.55 Å². The summed E-state index contributed by atoms with van der Waals surface area (Å²) in [4.78, 5) is 4.49. The highest BCUT2D eigenvalue weighted by Crippen LogP contribution is 2.10. The van der Waals surface area contributed by atoms with Crippen LogP contribution in [0.25, 0.3) is 0 Å². The van der Waals surface area contributed by atoms with E-state index in [1.54, 1.807) is 0 Å². The fraction of sp³-hybridized carbons (Fsp3) is 0.750. The van der Waals surface area contributed by atoms with Gasteiger partial charge in [0.1, 0.15) is 0 Å². The summed E-state index contributed by atoms with van der Waals surface area (Å²) in [5.41, 5.74) is 1.09. The van der Waals surface area contributed by atoms with Gasteiger partial charge in [-0.3, -0.25) is 0 Å². The second kappa shape index (κ2) is 5.79. The number of aryl methyl sites for hydroxylation is 2. The minimum Gasteiger partial charge on any atom is -0.355 e. The van der Waals surface area contributed by atoms with Gasteiger partial charge in [0.25, 0.3) is 0 Å². The quantitative estimate of drug-likeness (QED) is 0.780. The van der Waals surface area contributed by atoms with Crippen LogP contribution in [0.5, 0.6) is 0 Å². The molecule has 86 valence electrons. The van der Waals surface area contributed by atoms with Crippen LogP contribution < -0.4 is 5.32 Å². The first kappa shape index (κ1) is 12.1. The molecule has 1 heterocycles. The molecule has 1 N–H and O–H groups in total. The summed E-state index contributed by atoms with van der Waals surface area (Å²) in [7, 11) is 0. The van der Waals surface area contributed by atoms with E-state index in [2.05, 4.69) is 41.8 Å². The Bertz CT molecular complexity index is 291. The molecule has 0 aliphatic rings. The molecule has 3 nitrogen and oxygen atoms in total. The highest BCUT2D eigenvalue weighted by molar-refractivity contribution is 5.28. The van der Waals surface area contributed by atoms with E-state index in [9.17, 15) is 0 Å². The van der Waals surface area contributed by atoms with Crippen LogP contribution in [0.2, 0.25) is 0 Å². The average Bonchev–Trinajstić information content (AvgIpc) is 2.56. The highest BCUT2D eigenvalue weighted by Gasteiger charge is 2.05. The molecule has 1 unspecified atom stereocenters. The first-order chi connectivity index (χ1) is 7.17. The van der Waals surface area contributed by atoms with E-state index in [-0.39, 0.29) is 0 Å². The number of rotatable bonds is 6. The van der Waals surface area contributed by atoms with Gasteiger partial charge in [-0.25, -0.2) is 4.98 Å². The Kier molecular flexibility index (Phi) is 4.66. The van der Waals surface area contributed by atoms with Crippen molar-refractivity contribution in [3.05, 3.63) is 11.9 Å². The van der Waals surface area contributed by atoms with E-state index < -0.39 is 0 Å². The van der Waals surface area contributed by atoms with Crippen molar-refractivity contribution >= 4 is 5.95 Å². The van der Waals surface area contributed by atoms with E-state index in [4.69, 9.17) is 0 Å². The third-order valence-corrected chi connectivity index (χ3v) is 2.67. The zero-order chi connectivity index (χ0) is 11.3. The molecule has 0 aliphatic carbocycles. The maximum absolute atomic E-state index is 4.49. The maximum Gasteiger partial charge on any atom is 0.203 e. The van der Waals surface area contributed by atoms with Crippen molar-refractivity contribution in [2.75, 3.05) is 11.9 Å². The van der Waals surface area contributed by atoms with Gasteiger partial charge in [-0.1, -0.05) is 27.2 Å². The molecular weight excluding hydrogens is 186 g/mol. The Hall–Kier alpha value is -0.990. The van der Waals surface area contributed by atoms with Crippen LogP contribution in [0.3, 0.4) is 0 Å². The fourth-order valence-electron chi connectivity index (χ4n) is 1.51. The second-order valence-corrected chi connectivity index (χ2v) is 4.29. The van der Waals surface area contributed by atoms with Gasteiger partial charge < -0.3 is 9.88 Å². The molecule has 0 bridgehead atoms. The van der Waals surface area contributed by atoms with E-state index in [1.165, 1.54) is 6.42 Å². The van der Waals surface area contributed by atoms with Gasteiger partial charge in [-0.05, 0) is 19.3 Å². The summed E-state index contributed by atoms with van der Waals surface area (Å²) in [5, 5.41) is 3.42. The van der Waals surface area contributed by atoms with Crippen molar-refractivity contribution in [1.29, 1.82) is 0 Å². The van der Waals surface area contributed by atoms with E-state index in [1.807, 2.05) is 6.92 Å². The van der Waals surface area contributed by atoms with Crippen molar-refractivity contribution in [2.24, 2.45) is 5.92 Å². The zero-order valence-electron chi connectivity index (χ0n) is 10.4. The SMILES string of the molecule is CCCn1cc(C)nc1NCC(C)CC. The van der Waals surface area contributed by atoms with Crippen LogP contribution in [0.4, 0.5) is 5.95 Å². The van der Waals surface area contributed by atoms with Gasteiger partial charge in [-0.15, -0.1) is 0 Å². The predicted octanol–water partition coefficient (Wildman–Crippen LogP) is 3.06. The third kappa shape index (κ3) is 3.57. The van der Waals surface area contributed by atoms with Crippen LogP contribution in [-0.2, 0) is 6.54 Å². The molecule has 0 fully saturated rings. The van der Waals surface area contributed by atoms with Gasteiger partial charge >= 0.3 is 0 Å². The number of nitrogens with zero attached hydrogens (tertiary/aromatic N) is 2. The molecule has 1 aromatic rings. The Morgan fingerprint density at radius 2 is 2.20 bits per heavy atom. The smallest absolute Gasteiger partial charge is 0.203 e. The zero-order valence-corrected chi connectivity index (χ0v) is 10.4. The van der Waals surface area contributed by atoms with Crippen molar-refractivity contribution in [3.63, 3.8) is 0 Å². The number of imidazole rings is 1. The van der Waals surface area contributed by atoms with E-state index in [0.717, 1.165) is 31.2 Å². The van der Waals surface area contributed by atoms with Gasteiger partial charge in [0, 0.05) is 19.3 Å². The molecule has 0 saturated carbocycles. The molecule has 1 aromatic heterocycles. The van der Waals surface area contributed by atoms with E-state index in [0.29, 0.717) is 5.92 Å². The summed E-state index contributed by atoms with van der Waals surface area (Å²) in [6, 6.07) is 0. The van der Waals surface area contributed by atoms with Crippen LogP contribution >= 0.6 is 0 Å². The summed E-state index contributed by atoms with van der Waals surface area (Å²) < 4.78 is 2.21. The lowest BCUT2D eigenvalue weighted by Gasteiger charge is -2.12. The lowest BCUT2D eigenvalue weighted by atomic mass is 10.1. The summed E-state index contributed by atoms with van der Waals surface area (Å²) >= 11 is 0. The molecule has 0 aromatic carbocycles. The normalized spacial score (nSPS) is 12.8. The molecule has 15 heavy (non-hydrogen) atoms. The number of hydrogen-bond donors (Lipinski definition) is 1. The molecule has 0 saturated heterocycles. The predicted molar refractivity (Wildman–Crippen MR) is 65.2 cm³/mol. The Labute approximate surface area is 92.9 Å². The number of hydrogen-bond acceptors (Lipinski definition) is 2. The fourth-order valence-corrected chi connectivity index (χ4v) is 1.51. The van der Waals surface area contributed by atoms with Crippen molar-refractivity contribution in [2.45, 2.75) is 47.1 Å². The van der Waals surface area contributed by atoms with Gasteiger partial charge in [0.05, 0.1) is 5.69 Å². The average molecular weight is 209 g/mol. The topological polar surface area (TPSA) is 29.9 Å². The highest BCUT2D eigenvalue weighted by atomic mass is 15.2. The van der Waals surface area contributed by atoms with Gasteiger partial charge in [0.2, 0.25) is 5.95 Å².